The summed E-state index contributed by atoms with van der Waals surface area (Å²) in [5.74, 6) is -2.74. The highest BCUT2D eigenvalue weighted by atomic mass is 35.5. The van der Waals surface area contributed by atoms with Crippen LogP contribution in [0.2, 0.25) is 5.02 Å². The lowest BCUT2D eigenvalue weighted by atomic mass is 10.1. The van der Waals surface area contributed by atoms with Crippen LogP contribution in [0.4, 0.5) is 8.78 Å². The molecular weight excluding hydrogens is 278 g/mol. The highest BCUT2D eigenvalue weighted by Crippen LogP contribution is 2.23. The number of hydrogen-bond acceptors (Lipinski definition) is 4. The van der Waals surface area contributed by atoms with Gasteiger partial charge in [0.05, 0.1) is 17.7 Å². The first-order chi connectivity index (χ1) is 9.04. The van der Waals surface area contributed by atoms with E-state index in [1.54, 1.807) is 0 Å². The lowest BCUT2D eigenvalue weighted by Gasteiger charge is -2.06. The van der Waals surface area contributed by atoms with E-state index in [2.05, 4.69) is 9.97 Å². The second-order valence-corrected chi connectivity index (χ2v) is 3.90. The Labute approximate surface area is 112 Å². The zero-order chi connectivity index (χ0) is 14.0. The van der Waals surface area contributed by atoms with E-state index in [-0.39, 0.29) is 11.6 Å². The average Bonchev–Trinajstić information content (AvgIpc) is 2.42. The van der Waals surface area contributed by atoms with Gasteiger partial charge < -0.3 is 4.74 Å². The molecule has 1 heterocycles. The number of ether oxygens (including phenoxy) is 1. The lowest BCUT2D eigenvalue weighted by Crippen LogP contribution is -2.10. The first kappa shape index (κ1) is 13.4. The van der Waals surface area contributed by atoms with E-state index in [0.717, 1.165) is 6.07 Å². The van der Waals surface area contributed by atoms with Gasteiger partial charge in [-0.25, -0.2) is 18.7 Å². The molecule has 0 unspecified atom stereocenters. The van der Waals surface area contributed by atoms with Gasteiger partial charge in [-0.05, 0) is 12.1 Å². The maximum absolute atomic E-state index is 13.6. The molecule has 2 aromatic rings. The van der Waals surface area contributed by atoms with Crippen molar-refractivity contribution in [1.82, 2.24) is 9.97 Å². The van der Waals surface area contributed by atoms with E-state index in [1.807, 2.05) is 0 Å². The zero-order valence-corrected chi connectivity index (χ0v) is 10.4. The van der Waals surface area contributed by atoms with Gasteiger partial charge in [0.1, 0.15) is 11.6 Å². The predicted molar refractivity (Wildman–Crippen MR) is 63.4 cm³/mol. The Bertz CT molecular complexity index is 650. The van der Waals surface area contributed by atoms with Gasteiger partial charge in [-0.1, -0.05) is 11.6 Å². The van der Waals surface area contributed by atoms with Crippen molar-refractivity contribution in [3.8, 4) is 5.88 Å². The summed E-state index contributed by atoms with van der Waals surface area (Å²) < 4.78 is 31.8. The first-order valence-corrected chi connectivity index (χ1v) is 5.46. The van der Waals surface area contributed by atoms with E-state index in [1.165, 1.54) is 19.5 Å². The van der Waals surface area contributed by atoms with E-state index >= 15 is 0 Å². The van der Waals surface area contributed by atoms with E-state index in [9.17, 15) is 13.6 Å². The molecule has 0 aliphatic carbocycles. The number of ketones is 1. The smallest absolute Gasteiger partial charge is 0.243 e. The number of rotatable bonds is 3. The minimum Gasteiger partial charge on any atom is -0.479 e. The minimum atomic E-state index is -0.941. The topological polar surface area (TPSA) is 52.1 Å². The molecule has 0 amide bonds. The molecule has 0 fully saturated rings. The quantitative estimate of drug-likeness (QED) is 0.642. The largest absolute Gasteiger partial charge is 0.479 e. The minimum absolute atomic E-state index is 0.0674. The molecule has 0 spiro atoms. The molecule has 0 radical (unpaired) electrons. The van der Waals surface area contributed by atoms with Crippen molar-refractivity contribution in [3.05, 3.63) is 52.4 Å². The molecule has 0 atom stereocenters. The molecular formula is C12H7ClF2N2O2. The Kier molecular flexibility index (Phi) is 3.71. The molecule has 4 nitrogen and oxygen atoms in total. The molecule has 0 bridgehead atoms. The van der Waals surface area contributed by atoms with Crippen LogP contribution in [0.1, 0.15) is 16.1 Å². The zero-order valence-electron chi connectivity index (χ0n) is 9.65. The van der Waals surface area contributed by atoms with Crippen molar-refractivity contribution in [3.63, 3.8) is 0 Å². The maximum atomic E-state index is 13.6. The molecule has 0 saturated carbocycles. The Morgan fingerprint density at radius 2 is 1.89 bits per heavy atom. The van der Waals surface area contributed by atoms with E-state index < -0.39 is 28.0 Å². The number of nitrogens with zero attached hydrogens (tertiary/aromatic N) is 2. The third kappa shape index (κ3) is 2.53. The van der Waals surface area contributed by atoms with Gasteiger partial charge in [-0.15, -0.1) is 0 Å². The number of methoxy groups -OCH3 is 1. The number of halogens is 3. The summed E-state index contributed by atoms with van der Waals surface area (Å²) in [6.07, 6.45) is 2.56. The number of carbonyl (C=O) groups is 1. The summed E-state index contributed by atoms with van der Waals surface area (Å²) in [4.78, 5) is 19.6. The third-order valence-electron chi connectivity index (χ3n) is 2.33. The fourth-order valence-corrected chi connectivity index (χ4v) is 1.60. The van der Waals surface area contributed by atoms with Gasteiger partial charge in [-0.2, -0.15) is 0 Å². The van der Waals surface area contributed by atoms with E-state index in [0.29, 0.717) is 6.07 Å². The van der Waals surface area contributed by atoms with Gasteiger partial charge in [0, 0.05) is 12.4 Å². The van der Waals surface area contributed by atoms with Crippen LogP contribution in [0, 0.1) is 11.6 Å². The standard InChI is InChI=1S/C12H7ClF2N2O2/c1-19-12-10(16-2-3-17-12)11(18)6-4-9(15)7(13)5-8(6)14/h2-5H,1H3. The molecule has 1 aromatic carbocycles. The van der Waals surface area contributed by atoms with Crippen molar-refractivity contribution >= 4 is 17.4 Å². The highest BCUT2D eigenvalue weighted by Gasteiger charge is 2.22. The third-order valence-corrected chi connectivity index (χ3v) is 2.62. The summed E-state index contributed by atoms with van der Waals surface area (Å²) in [7, 11) is 1.29. The summed E-state index contributed by atoms with van der Waals surface area (Å²) in [6, 6.07) is 1.45. The van der Waals surface area contributed by atoms with E-state index in [4.69, 9.17) is 16.3 Å². The molecule has 0 aliphatic rings. The fourth-order valence-electron chi connectivity index (χ4n) is 1.45. The lowest BCUT2D eigenvalue weighted by molar-refractivity contribution is 0.102. The van der Waals surface area contributed by atoms with Crippen LogP contribution in [0.5, 0.6) is 5.88 Å². The van der Waals surface area contributed by atoms with Crippen molar-refractivity contribution in [2.75, 3.05) is 7.11 Å². The molecule has 98 valence electrons. The molecule has 0 aliphatic heterocycles. The van der Waals surface area contributed by atoms with Crippen LogP contribution in [-0.2, 0) is 0 Å². The Morgan fingerprint density at radius 1 is 1.21 bits per heavy atom. The predicted octanol–water partition coefficient (Wildman–Crippen LogP) is 2.65. The van der Waals surface area contributed by atoms with Crippen molar-refractivity contribution in [1.29, 1.82) is 0 Å². The van der Waals surface area contributed by atoms with Crippen LogP contribution < -0.4 is 4.74 Å². The van der Waals surface area contributed by atoms with Crippen molar-refractivity contribution in [2.24, 2.45) is 0 Å². The average molecular weight is 285 g/mol. The Morgan fingerprint density at radius 3 is 2.58 bits per heavy atom. The van der Waals surface area contributed by atoms with Gasteiger partial charge in [0.15, 0.2) is 5.69 Å². The van der Waals surface area contributed by atoms with Crippen LogP contribution in [-0.4, -0.2) is 22.9 Å². The number of benzene rings is 1. The molecule has 2 rings (SSSR count). The van der Waals surface area contributed by atoms with Gasteiger partial charge in [0.2, 0.25) is 11.7 Å². The summed E-state index contributed by atoms with van der Waals surface area (Å²) >= 11 is 5.42. The van der Waals surface area contributed by atoms with Crippen LogP contribution in [0.3, 0.4) is 0 Å². The molecule has 19 heavy (non-hydrogen) atoms. The second kappa shape index (κ2) is 5.27. The van der Waals surface area contributed by atoms with Crippen LogP contribution in [0.15, 0.2) is 24.5 Å². The van der Waals surface area contributed by atoms with Gasteiger partial charge in [-0.3, -0.25) is 4.79 Å². The Balaban J connectivity index is 2.53. The maximum Gasteiger partial charge on any atom is 0.243 e. The SMILES string of the molecule is COc1nccnc1C(=O)c1cc(F)c(Cl)cc1F. The normalized spacial score (nSPS) is 10.3. The number of carbonyl (C=O) groups excluding carboxylic acids is 1. The van der Waals surface area contributed by atoms with Gasteiger partial charge in [0.25, 0.3) is 0 Å². The summed E-state index contributed by atoms with van der Waals surface area (Å²) in [6.45, 7) is 0. The van der Waals surface area contributed by atoms with Crippen LogP contribution in [0.25, 0.3) is 0 Å². The van der Waals surface area contributed by atoms with Crippen molar-refractivity contribution in [2.45, 2.75) is 0 Å². The monoisotopic (exact) mass is 284 g/mol. The fraction of sp³-hybridized carbons (Fsp3) is 0.0833. The molecule has 1 aromatic heterocycles. The van der Waals surface area contributed by atoms with Crippen molar-refractivity contribution < 1.29 is 18.3 Å². The highest BCUT2D eigenvalue weighted by molar-refractivity contribution is 6.30. The number of aromatic nitrogens is 2. The molecule has 0 N–H and O–H groups in total. The number of hydrogen-bond donors (Lipinski definition) is 0. The van der Waals surface area contributed by atoms with Crippen LogP contribution >= 0.6 is 11.6 Å². The molecule has 7 heteroatoms. The summed E-state index contributed by atoms with van der Waals surface area (Å²) in [5, 5.41) is -0.403. The van der Waals surface area contributed by atoms with Gasteiger partial charge >= 0.3 is 0 Å². The second-order valence-electron chi connectivity index (χ2n) is 3.49. The Hall–Kier alpha value is -2.08. The summed E-state index contributed by atoms with van der Waals surface area (Å²) in [5.41, 5.74) is -0.689. The first-order valence-electron chi connectivity index (χ1n) is 5.09. The molecule has 0 saturated heterocycles.